The molecule has 0 radical (unpaired) electrons. The van der Waals surface area contributed by atoms with Crippen molar-refractivity contribution in [1.82, 2.24) is 9.55 Å². The van der Waals surface area contributed by atoms with E-state index < -0.39 is 0 Å². The maximum Gasteiger partial charge on any atom is 0.150 e. The Labute approximate surface area is 112 Å². The van der Waals surface area contributed by atoms with Crippen molar-refractivity contribution in [1.29, 1.82) is 0 Å². The summed E-state index contributed by atoms with van der Waals surface area (Å²) in [7, 11) is 0. The van der Waals surface area contributed by atoms with E-state index >= 15 is 0 Å². The van der Waals surface area contributed by atoms with E-state index in [2.05, 4.69) is 33.3 Å². The molecule has 1 aliphatic rings. The lowest BCUT2D eigenvalue weighted by molar-refractivity contribution is 0.247. The third-order valence-corrected chi connectivity index (χ3v) is 4.81. The van der Waals surface area contributed by atoms with Gasteiger partial charge in [-0.25, -0.2) is 4.98 Å². The Hall–Kier alpha value is -1.13. The Morgan fingerprint density at radius 2 is 2.28 bits per heavy atom. The van der Waals surface area contributed by atoms with Gasteiger partial charge in [0.15, 0.2) is 0 Å². The number of hydrogen-bond acceptors (Lipinski definition) is 3. The Morgan fingerprint density at radius 3 is 3.06 bits per heavy atom. The van der Waals surface area contributed by atoms with E-state index in [9.17, 15) is 0 Å². The summed E-state index contributed by atoms with van der Waals surface area (Å²) in [4.78, 5) is 5.79. The van der Waals surface area contributed by atoms with Crippen LogP contribution in [0.25, 0.3) is 10.7 Å². The first-order valence-electron chi connectivity index (χ1n) is 6.67. The molecule has 2 unspecified atom stereocenters. The minimum atomic E-state index is 0.531. The monoisotopic (exact) mass is 261 g/mol. The molecule has 0 saturated heterocycles. The van der Waals surface area contributed by atoms with Crippen LogP contribution in [-0.2, 0) is 0 Å². The third kappa shape index (κ3) is 2.10. The highest BCUT2D eigenvalue weighted by Gasteiger charge is 2.27. The second-order valence-electron chi connectivity index (χ2n) is 4.98. The Kier molecular flexibility index (Phi) is 3.48. The summed E-state index contributed by atoms with van der Waals surface area (Å²) in [5.41, 5.74) is 5.94. The molecule has 96 valence electrons. The molecule has 0 aromatic carbocycles. The van der Waals surface area contributed by atoms with Crippen LogP contribution in [0.4, 0.5) is 0 Å². The van der Waals surface area contributed by atoms with Crippen molar-refractivity contribution in [2.75, 3.05) is 6.54 Å². The molecule has 0 spiro atoms. The largest absolute Gasteiger partial charge is 0.330 e. The molecule has 1 saturated carbocycles. The second-order valence-corrected chi connectivity index (χ2v) is 5.93. The molecule has 0 amide bonds. The summed E-state index contributed by atoms with van der Waals surface area (Å²) in [6.07, 6.45) is 9.15. The van der Waals surface area contributed by atoms with Crippen LogP contribution < -0.4 is 5.73 Å². The molecule has 2 aromatic rings. The lowest BCUT2D eigenvalue weighted by atomic mass is 9.84. The molecule has 0 bridgehead atoms. The minimum absolute atomic E-state index is 0.531. The third-order valence-electron chi connectivity index (χ3n) is 3.94. The van der Waals surface area contributed by atoms with Gasteiger partial charge >= 0.3 is 0 Å². The van der Waals surface area contributed by atoms with Gasteiger partial charge in [0.1, 0.15) is 5.82 Å². The highest BCUT2D eigenvalue weighted by Crippen LogP contribution is 2.36. The number of thiophene rings is 1. The van der Waals surface area contributed by atoms with Gasteiger partial charge in [0.05, 0.1) is 4.88 Å². The van der Waals surface area contributed by atoms with Gasteiger partial charge in [-0.15, -0.1) is 11.3 Å². The summed E-state index contributed by atoms with van der Waals surface area (Å²) in [6, 6.07) is 4.76. The van der Waals surface area contributed by atoms with Crippen molar-refractivity contribution in [2.24, 2.45) is 11.7 Å². The highest BCUT2D eigenvalue weighted by atomic mass is 32.1. The molecule has 1 fully saturated rings. The molecule has 3 rings (SSSR count). The van der Waals surface area contributed by atoms with Crippen molar-refractivity contribution in [3.63, 3.8) is 0 Å². The summed E-state index contributed by atoms with van der Waals surface area (Å²) < 4.78 is 2.35. The number of imidazole rings is 1. The van der Waals surface area contributed by atoms with E-state index in [0.29, 0.717) is 12.0 Å². The molecular formula is C14H19N3S. The van der Waals surface area contributed by atoms with Gasteiger partial charge in [-0.2, -0.15) is 0 Å². The van der Waals surface area contributed by atoms with E-state index in [-0.39, 0.29) is 0 Å². The number of rotatable bonds is 3. The van der Waals surface area contributed by atoms with E-state index in [1.807, 2.05) is 6.20 Å². The van der Waals surface area contributed by atoms with E-state index in [0.717, 1.165) is 12.4 Å². The maximum atomic E-state index is 5.94. The average molecular weight is 261 g/mol. The van der Waals surface area contributed by atoms with Crippen LogP contribution in [0.5, 0.6) is 0 Å². The molecule has 2 atom stereocenters. The van der Waals surface area contributed by atoms with Crippen LogP contribution in [0, 0.1) is 5.92 Å². The molecule has 3 nitrogen and oxygen atoms in total. The van der Waals surface area contributed by atoms with Gasteiger partial charge in [0.2, 0.25) is 0 Å². The fraction of sp³-hybridized carbons (Fsp3) is 0.500. The van der Waals surface area contributed by atoms with Gasteiger partial charge < -0.3 is 10.3 Å². The van der Waals surface area contributed by atoms with Gasteiger partial charge in [-0.1, -0.05) is 18.9 Å². The van der Waals surface area contributed by atoms with Crippen molar-refractivity contribution < 1.29 is 0 Å². The fourth-order valence-corrected chi connectivity index (χ4v) is 3.73. The molecular weight excluding hydrogens is 242 g/mol. The average Bonchev–Trinajstić information content (AvgIpc) is 3.09. The molecule has 1 aliphatic carbocycles. The molecule has 2 N–H and O–H groups in total. The SMILES string of the molecule is NCC1CCCCC1n1ccnc1-c1cccs1. The van der Waals surface area contributed by atoms with Crippen LogP contribution in [-0.4, -0.2) is 16.1 Å². The molecule has 4 heteroatoms. The Bertz CT molecular complexity index is 489. The van der Waals surface area contributed by atoms with Gasteiger partial charge in [0.25, 0.3) is 0 Å². The predicted octanol–water partition coefficient (Wildman–Crippen LogP) is 3.30. The molecule has 2 aromatic heterocycles. The minimum Gasteiger partial charge on any atom is -0.330 e. The maximum absolute atomic E-state index is 5.94. The van der Waals surface area contributed by atoms with Crippen LogP contribution in [0.1, 0.15) is 31.7 Å². The first-order chi connectivity index (χ1) is 8.90. The standard InChI is InChI=1S/C14H19N3S/c15-10-11-4-1-2-5-12(11)17-8-7-16-14(17)13-6-3-9-18-13/h3,6-9,11-12H,1-2,4-5,10,15H2. The van der Waals surface area contributed by atoms with E-state index in [4.69, 9.17) is 5.73 Å². The number of nitrogens with two attached hydrogens (primary N) is 1. The van der Waals surface area contributed by atoms with Crippen molar-refractivity contribution in [3.8, 4) is 10.7 Å². The summed E-state index contributed by atoms with van der Waals surface area (Å²) >= 11 is 1.75. The summed E-state index contributed by atoms with van der Waals surface area (Å²) in [5, 5.41) is 2.11. The first kappa shape index (κ1) is 11.9. The zero-order chi connectivity index (χ0) is 12.4. The van der Waals surface area contributed by atoms with Crippen LogP contribution in [0.2, 0.25) is 0 Å². The zero-order valence-corrected chi connectivity index (χ0v) is 11.3. The fourth-order valence-electron chi connectivity index (χ4n) is 3.01. The van der Waals surface area contributed by atoms with Crippen LogP contribution in [0.15, 0.2) is 29.9 Å². The van der Waals surface area contributed by atoms with Crippen molar-refractivity contribution in [2.45, 2.75) is 31.7 Å². The van der Waals surface area contributed by atoms with Crippen molar-refractivity contribution in [3.05, 3.63) is 29.9 Å². The van der Waals surface area contributed by atoms with Crippen LogP contribution >= 0.6 is 11.3 Å². The summed E-state index contributed by atoms with van der Waals surface area (Å²) in [6.45, 7) is 0.784. The van der Waals surface area contributed by atoms with Crippen molar-refractivity contribution >= 4 is 11.3 Å². The van der Waals surface area contributed by atoms with E-state index in [1.165, 1.54) is 30.6 Å². The number of hydrogen-bond donors (Lipinski definition) is 1. The molecule has 0 aliphatic heterocycles. The predicted molar refractivity (Wildman–Crippen MR) is 75.6 cm³/mol. The number of aromatic nitrogens is 2. The second kappa shape index (κ2) is 5.24. The first-order valence-corrected chi connectivity index (χ1v) is 7.55. The topological polar surface area (TPSA) is 43.8 Å². The lowest BCUT2D eigenvalue weighted by Gasteiger charge is -2.32. The zero-order valence-electron chi connectivity index (χ0n) is 10.5. The van der Waals surface area contributed by atoms with Crippen LogP contribution in [0.3, 0.4) is 0 Å². The number of nitrogens with zero attached hydrogens (tertiary/aromatic N) is 2. The van der Waals surface area contributed by atoms with Gasteiger partial charge in [-0.05, 0) is 36.8 Å². The smallest absolute Gasteiger partial charge is 0.150 e. The molecule has 2 heterocycles. The van der Waals surface area contributed by atoms with Gasteiger partial charge in [-0.3, -0.25) is 0 Å². The normalized spacial score (nSPS) is 24.3. The lowest BCUT2D eigenvalue weighted by Crippen LogP contribution is -2.29. The Morgan fingerprint density at radius 1 is 1.39 bits per heavy atom. The molecule has 18 heavy (non-hydrogen) atoms. The summed E-state index contributed by atoms with van der Waals surface area (Å²) in [5.74, 6) is 1.71. The Balaban J connectivity index is 1.94. The van der Waals surface area contributed by atoms with E-state index in [1.54, 1.807) is 11.3 Å². The quantitative estimate of drug-likeness (QED) is 0.921. The van der Waals surface area contributed by atoms with Gasteiger partial charge in [0, 0.05) is 18.4 Å². The highest BCUT2D eigenvalue weighted by molar-refractivity contribution is 7.13.